The van der Waals surface area contributed by atoms with Crippen LogP contribution in [0.15, 0.2) is 29.6 Å². The van der Waals surface area contributed by atoms with Crippen molar-refractivity contribution in [3.63, 3.8) is 0 Å². The number of nitrogens with zero attached hydrogens (tertiary/aromatic N) is 3. The zero-order valence-electron chi connectivity index (χ0n) is 13.5. The normalized spacial score (nSPS) is 18.0. The summed E-state index contributed by atoms with van der Waals surface area (Å²) < 4.78 is 0. The van der Waals surface area contributed by atoms with E-state index in [4.69, 9.17) is 5.11 Å². The van der Waals surface area contributed by atoms with Crippen LogP contribution in [-0.2, 0) is 6.54 Å². The van der Waals surface area contributed by atoms with Crippen LogP contribution >= 0.6 is 11.3 Å². The lowest BCUT2D eigenvalue weighted by Crippen LogP contribution is -2.50. The predicted molar refractivity (Wildman–Crippen MR) is 95.3 cm³/mol. The summed E-state index contributed by atoms with van der Waals surface area (Å²) in [7, 11) is 0. The van der Waals surface area contributed by atoms with E-state index < -0.39 is 5.97 Å². The fraction of sp³-hybridized carbons (Fsp3) is 0.353. The van der Waals surface area contributed by atoms with Gasteiger partial charge in [0.1, 0.15) is 0 Å². The third kappa shape index (κ3) is 3.05. The number of aromatic carboxylic acids is 1. The van der Waals surface area contributed by atoms with E-state index in [1.165, 1.54) is 11.3 Å². The minimum absolute atomic E-state index is 0.0421. The maximum absolute atomic E-state index is 12.4. The van der Waals surface area contributed by atoms with Gasteiger partial charge in [-0.1, -0.05) is 18.2 Å². The van der Waals surface area contributed by atoms with E-state index in [-0.39, 0.29) is 17.8 Å². The van der Waals surface area contributed by atoms with E-state index >= 15 is 0 Å². The molecule has 7 nitrogen and oxygen atoms in total. The lowest BCUT2D eigenvalue weighted by molar-refractivity contribution is 0.0691. The molecule has 1 saturated heterocycles. The number of urea groups is 1. The molecule has 0 bridgehead atoms. The monoisotopic (exact) mass is 358 g/mol. The number of carbonyl (C=O) groups is 2. The Balaban J connectivity index is 1.42. The SMILES string of the molecule is O=C(O)c1csc(N2CCC(N3Cc4ccccc4NC3=O)CC2)n1. The van der Waals surface area contributed by atoms with Gasteiger partial charge in [-0.25, -0.2) is 14.6 Å². The minimum Gasteiger partial charge on any atom is -0.476 e. The number of thiazole rings is 1. The molecule has 0 saturated carbocycles. The van der Waals surface area contributed by atoms with Crippen LogP contribution in [0.3, 0.4) is 0 Å². The van der Waals surface area contributed by atoms with Crippen molar-refractivity contribution < 1.29 is 14.7 Å². The first-order valence-corrected chi connectivity index (χ1v) is 9.09. The molecule has 2 aliphatic rings. The quantitative estimate of drug-likeness (QED) is 0.881. The first kappa shape index (κ1) is 15.9. The van der Waals surface area contributed by atoms with Gasteiger partial charge in [0.05, 0.1) is 0 Å². The smallest absolute Gasteiger partial charge is 0.355 e. The lowest BCUT2D eigenvalue weighted by atomic mass is 10.0. The van der Waals surface area contributed by atoms with Gasteiger partial charge in [-0.3, -0.25) is 0 Å². The van der Waals surface area contributed by atoms with Crippen molar-refractivity contribution in [2.45, 2.75) is 25.4 Å². The molecule has 0 radical (unpaired) electrons. The number of carbonyl (C=O) groups excluding carboxylic acids is 1. The first-order valence-electron chi connectivity index (χ1n) is 8.21. The summed E-state index contributed by atoms with van der Waals surface area (Å²) >= 11 is 1.35. The summed E-state index contributed by atoms with van der Waals surface area (Å²) in [6, 6.07) is 8.02. The zero-order chi connectivity index (χ0) is 17.4. The molecule has 2 aliphatic heterocycles. The van der Waals surface area contributed by atoms with Crippen molar-refractivity contribution in [3.05, 3.63) is 40.9 Å². The summed E-state index contributed by atoms with van der Waals surface area (Å²) in [5.74, 6) is -0.999. The summed E-state index contributed by atoms with van der Waals surface area (Å²) in [4.78, 5) is 31.6. The number of fused-ring (bicyclic) bond motifs is 1. The molecule has 3 heterocycles. The van der Waals surface area contributed by atoms with Gasteiger partial charge in [-0.2, -0.15) is 0 Å². The van der Waals surface area contributed by atoms with Crippen molar-refractivity contribution >= 4 is 34.2 Å². The van der Waals surface area contributed by atoms with Gasteiger partial charge in [0.25, 0.3) is 0 Å². The molecule has 130 valence electrons. The zero-order valence-corrected chi connectivity index (χ0v) is 14.3. The van der Waals surface area contributed by atoms with Gasteiger partial charge in [-0.15, -0.1) is 11.3 Å². The molecule has 2 aromatic rings. The van der Waals surface area contributed by atoms with Crippen LogP contribution in [0, 0.1) is 0 Å². The lowest BCUT2D eigenvalue weighted by Gasteiger charge is -2.40. The van der Waals surface area contributed by atoms with Crippen LogP contribution in [0.1, 0.15) is 28.9 Å². The molecule has 1 aromatic heterocycles. The number of aromatic nitrogens is 1. The van der Waals surface area contributed by atoms with E-state index in [0.29, 0.717) is 6.54 Å². The van der Waals surface area contributed by atoms with Gasteiger partial charge in [0.15, 0.2) is 10.8 Å². The molecule has 1 aromatic carbocycles. The minimum atomic E-state index is -0.999. The molecule has 0 atom stereocenters. The number of piperidine rings is 1. The molecule has 8 heteroatoms. The number of hydrogen-bond donors (Lipinski definition) is 2. The average molecular weight is 358 g/mol. The van der Waals surface area contributed by atoms with Crippen LogP contribution < -0.4 is 10.2 Å². The van der Waals surface area contributed by atoms with Crippen LogP contribution in [0.5, 0.6) is 0 Å². The van der Waals surface area contributed by atoms with Gasteiger partial charge >= 0.3 is 12.0 Å². The van der Waals surface area contributed by atoms with E-state index in [1.54, 1.807) is 5.38 Å². The van der Waals surface area contributed by atoms with Gasteiger partial charge in [-0.05, 0) is 24.5 Å². The highest BCUT2D eigenvalue weighted by Crippen LogP contribution is 2.30. The Morgan fingerprint density at radius 3 is 2.76 bits per heavy atom. The van der Waals surface area contributed by atoms with Crippen LogP contribution in [0.4, 0.5) is 15.6 Å². The molecule has 1 fully saturated rings. The van der Waals surface area contributed by atoms with Crippen LogP contribution in [-0.4, -0.2) is 46.1 Å². The highest BCUT2D eigenvalue weighted by atomic mass is 32.1. The molecule has 2 N–H and O–H groups in total. The number of benzene rings is 1. The molecule has 0 unspecified atom stereocenters. The summed E-state index contributed by atoms with van der Waals surface area (Å²) in [5, 5.41) is 14.3. The number of amides is 2. The van der Waals surface area contributed by atoms with Crippen molar-refractivity contribution in [2.75, 3.05) is 23.3 Å². The molecule has 0 aliphatic carbocycles. The molecule has 25 heavy (non-hydrogen) atoms. The van der Waals surface area contributed by atoms with Crippen molar-refractivity contribution in [1.29, 1.82) is 0 Å². The average Bonchev–Trinajstić information content (AvgIpc) is 3.12. The second kappa shape index (κ2) is 6.36. The number of anilines is 2. The number of carboxylic acids is 1. The molecule has 2 amide bonds. The summed E-state index contributed by atoms with van der Waals surface area (Å²) in [5.41, 5.74) is 2.12. The number of rotatable bonds is 3. The third-order valence-electron chi connectivity index (χ3n) is 4.75. The topological polar surface area (TPSA) is 85.8 Å². The predicted octanol–water partition coefficient (Wildman–Crippen LogP) is 2.86. The molecular formula is C17H18N4O3S. The Morgan fingerprint density at radius 1 is 1.28 bits per heavy atom. The molecular weight excluding hydrogens is 340 g/mol. The van der Waals surface area contributed by atoms with Crippen LogP contribution in [0.2, 0.25) is 0 Å². The second-order valence-corrected chi connectivity index (χ2v) is 7.09. The Labute approximate surface area is 148 Å². The number of para-hydroxylation sites is 1. The fourth-order valence-electron chi connectivity index (χ4n) is 3.39. The van der Waals surface area contributed by atoms with Gasteiger partial charge in [0, 0.05) is 36.7 Å². The number of carboxylic acid groups (broad SMARTS) is 1. The fourth-order valence-corrected chi connectivity index (χ4v) is 4.25. The van der Waals surface area contributed by atoms with E-state index in [2.05, 4.69) is 15.2 Å². The van der Waals surface area contributed by atoms with Crippen LogP contribution in [0.25, 0.3) is 0 Å². The van der Waals surface area contributed by atoms with Gasteiger partial charge < -0.3 is 20.2 Å². The van der Waals surface area contributed by atoms with E-state index in [1.807, 2.05) is 29.2 Å². The standard InChI is InChI=1S/C17H18N4O3S/c22-15(23)14-10-25-17(19-14)20-7-5-12(6-8-20)21-9-11-3-1-2-4-13(11)18-16(21)24/h1-4,10,12H,5-9H2,(H,18,24)(H,22,23). The Kier molecular flexibility index (Phi) is 4.04. The van der Waals surface area contributed by atoms with Crippen molar-refractivity contribution in [2.24, 2.45) is 0 Å². The third-order valence-corrected chi connectivity index (χ3v) is 5.65. The molecule has 0 spiro atoms. The summed E-state index contributed by atoms with van der Waals surface area (Å²) in [6.45, 7) is 2.17. The van der Waals surface area contributed by atoms with E-state index in [0.717, 1.165) is 42.3 Å². The highest BCUT2D eigenvalue weighted by molar-refractivity contribution is 7.13. The highest BCUT2D eigenvalue weighted by Gasteiger charge is 2.32. The van der Waals surface area contributed by atoms with Crippen molar-refractivity contribution in [3.8, 4) is 0 Å². The number of nitrogens with one attached hydrogen (secondary N) is 1. The Bertz CT molecular complexity index is 814. The maximum Gasteiger partial charge on any atom is 0.355 e. The summed E-state index contributed by atoms with van der Waals surface area (Å²) in [6.07, 6.45) is 1.69. The van der Waals surface area contributed by atoms with E-state index in [9.17, 15) is 9.59 Å². The number of hydrogen-bond acceptors (Lipinski definition) is 5. The molecule has 4 rings (SSSR count). The maximum atomic E-state index is 12.4. The Morgan fingerprint density at radius 2 is 2.04 bits per heavy atom. The van der Waals surface area contributed by atoms with Gasteiger partial charge in [0.2, 0.25) is 0 Å². The van der Waals surface area contributed by atoms with Crippen molar-refractivity contribution in [1.82, 2.24) is 9.88 Å². The largest absolute Gasteiger partial charge is 0.476 e. The second-order valence-electron chi connectivity index (χ2n) is 6.25. The Hall–Kier alpha value is -2.61. The first-order chi connectivity index (χ1) is 12.1.